The summed E-state index contributed by atoms with van der Waals surface area (Å²) < 4.78 is 16.6. The molecular weight excluding hydrogens is 348 g/mol. The summed E-state index contributed by atoms with van der Waals surface area (Å²) in [5.74, 6) is 0.882. The number of unbranched alkanes of at least 4 members (excludes halogenated alkanes) is 1. The van der Waals surface area contributed by atoms with Crippen LogP contribution < -0.4 is 19.7 Å². The van der Waals surface area contributed by atoms with Crippen LogP contribution in [0.25, 0.3) is 0 Å². The van der Waals surface area contributed by atoms with Gasteiger partial charge in [0.15, 0.2) is 11.5 Å². The molecule has 1 N–H and O–H groups in total. The zero-order valence-electron chi connectivity index (χ0n) is 15.9. The van der Waals surface area contributed by atoms with Crippen molar-refractivity contribution in [1.82, 2.24) is 5.32 Å². The number of nitrogens with zero attached hydrogens (tertiary/aromatic N) is 1. The minimum atomic E-state index is -0.327. The van der Waals surface area contributed by atoms with Gasteiger partial charge in [0.2, 0.25) is 11.8 Å². The van der Waals surface area contributed by atoms with Gasteiger partial charge in [-0.05, 0) is 25.0 Å². The average Bonchev–Trinajstić information content (AvgIpc) is 3.08. The fourth-order valence-corrected chi connectivity index (χ4v) is 3.21. The molecule has 0 aromatic heterocycles. The predicted octanol–water partition coefficient (Wildman–Crippen LogP) is 2.13. The molecule has 1 fully saturated rings. The molecule has 0 spiro atoms. The Morgan fingerprint density at radius 3 is 2.81 bits per heavy atom. The summed E-state index contributed by atoms with van der Waals surface area (Å²) in [6.45, 7) is 5.52. The van der Waals surface area contributed by atoms with E-state index in [1.165, 1.54) is 0 Å². The highest BCUT2D eigenvalue weighted by molar-refractivity contribution is 6.00. The molecule has 0 bridgehead atoms. The van der Waals surface area contributed by atoms with E-state index < -0.39 is 0 Å². The molecule has 1 saturated heterocycles. The van der Waals surface area contributed by atoms with Gasteiger partial charge in [-0.25, -0.2) is 0 Å². The maximum Gasteiger partial charge on any atom is 0.227 e. The van der Waals surface area contributed by atoms with E-state index in [4.69, 9.17) is 14.2 Å². The second-order valence-electron chi connectivity index (χ2n) is 6.84. The van der Waals surface area contributed by atoms with Crippen molar-refractivity contribution in [2.24, 2.45) is 5.92 Å². The number of carbonyl (C=O) groups is 2. The van der Waals surface area contributed by atoms with E-state index in [2.05, 4.69) is 12.2 Å². The fraction of sp³-hybridized carbons (Fsp3) is 0.600. The molecule has 7 nitrogen and oxygen atoms in total. The third-order valence-corrected chi connectivity index (χ3v) is 4.74. The van der Waals surface area contributed by atoms with E-state index in [9.17, 15) is 9.59 Å². The second-order valence-corrected chi connectivity index (χ2v) is 6.84. The Labute approximate surface area is 160 Å². The van der Waals surface area contributed by atoms with Crippen molar-refractivity contribution in [3.63, 3.8) is 0 Å². The van der Waals surface area contributed by atoms with E-state index in [0.717, 1.165) is 31.6 Å². The Hall–Kier alpha value is -2.28. The third-order valence-electron chi connectivity index (χ3n) is 4.74. The van der Waals surface area contributed by atoms with Crippen molar-refractivity contribution in [3.05, 3.63) is 18.2 Å². The monoisotopic (exact) mass is 376 g/mol. The predicted molar refractivity (Wildman–Crippen MR) is 101 cm³/mol. The Bertz CT molecular complexity index is 664. The number of carbonyl (C=O) groups excluding carboxylic acids is 2. The minimum absolute atomic E-state index is 0.0465. The van der Waals surface area contributed by atoms with Gasteiger partial charge in [-0.15, -0.1) is 0 Å². The zero-order chi connectivity index (χ0) is 19.1. The standard InChI is InChI=1S/C20H28N2O5/c1-2-3-8-25-9-4-7-21-20(24)15-12-19(23)22(14-15)16-5-6-17-18(13-16)27-11-10-26-17/h5-6,13,15H,2-4,7-12,14H2,1H3,(H,21,24)/t15-/m0/s1. The maximum atomic E-state index is 12.4. The van der Waals surface area contributed by atoms with Gasteiger partial charge in [-0.1, -0.05) is 13.3 Å². The topological polar surface area (TPSA) is 77.1 Å². The first-order valence-electron chi connectivity index (χ1n) is 9.74. The molecule has 2 aliphatic rings. The van der Waals surface area contributed by atoms with E-state index >= 15 is 0 Å². The van der Waals surface area contributed by atoms with Crippen molar-refractivity contribution < 1.29 is 23.8 Å². The van der Waals surface area contributed by atoms with Crippen LogP contribution in [0.4, 0.5) is 5.69 Å². The zero-order valence-corrected chi connectivity index (χ0v) is 15.9. The van der Waals surface area contributed by atoms with Crippen LogP contribution in [-0.2, 0) is 14.3 Å². The lowest BCUT2D eigenvalue weighted by atomic mass is 10.1. The molecule has 0 aliphatic carbocycles. The third kappa shape index (κ3) is 5.13. The summed E-state index contributed by atoms with van der Waals surface area (Å²) >= 11 is 0. The van der Waals surface area contributed by atoms with Crippen LogP contribution in [0.15, 0.2) is 18.2 Å². The number of benzene rings is 1. The van der Waals surface area contributed by atoms with Crippen LogP contribution in [0, 0.1) is 5.92 Å². The van der Waals surface area contributed by atoms with Gasteiger partial charge in [0.05, 0.1) is 5.92 Å². The molecule has 3 rings (SSSR count). The van der Waals surface area contributed by atoms with Gasteiger partial charge in [0, 0.05) is 44.5 Å². The van der Waals surface area contributed by atoms with Crippen LogP contribution in [0.2, 0.25) is 0 Å². The maximum absolute atomic E-state index is 12.4. The summed E-state index contributed by atoms with van der Waals surface area (Å²) in [4.78, 5) is 26.4. The highest BCUT2D eigenvalue weighted by Gasteiger charge is 2.35. The number of rotatable bonds is 9. The van der Waals surface area contributed by atoms with Crippen molar-refractivity contribution in [2.45, 2.75) is 32.6 Å². The molecule has 7 heteroatoms. The smallest absolute Gasteiger partial charge is 0.227 e. The van der Waals surface area contributed by atoms with Gasteiger partial charge >= 0.3 is 0 Å². The van der Waals surface area contributed by atoms with Gasteiger partial charge in [-0.2, -0.15) is 0 Å². The first-order chi connectivity index (χ1) is 13.2. The molecule has 0 saturated carbocycles. The van der Waals surface area contributed by atoms with Gasteiger partial charge in [-0.3, -0.25) is 9.59 Å². The molecule has 1 atom stereocenters. The minimum Gasteiger partial charge on any atom is -0.486 e. The first-order valence-corrected chi connectivity index (χ1v) is 9.74. The van der Waals surface area contributed by atoms with Gasteiger partial charge < -0.3 is 24.4 Å². The van der Waals surface area contributed by atoms with Crippen molar-refractivity contribution >= 4 is 17.5 Å². The lowest BCUT2D eigenvalue weighted by Gasteiger charge is -2.22. The molecule has 27 heavy (non-hydrogen) atoms. The summed E-state index contributed by atoms with van der Waals surface area (Å²) in [5, 5.41) is 2.92. The normalized spacial score (nSPS) is 18.6. The van der Waals surface area contributed by atoms with Crippen LogP contribution in [-0.4, -0.2) is 51.3 Å². The van der Waals surface area contributed by atoms with Gasteiger partial charge in [0.25, 0.3) is 0 Å². The first kappa shape index (κ1) is 19.5. The number of hydrogen-bond acceptors (Lipinski definition) is 5. The van der Waals surface area contributed by atoms with Crippen molar-refractivity contribution in [1.29, 1.82) is 0 Å². The highest BCUT2D eigenvalue weighted by Crippen LogP contribution is 2.35. The van der Waals surface area contributed by atoms with Crippen molar-refractivity contribution in [2.75, 3.05) is 44.4 Å². The van der Waals surface area contributed by atoms with Crippen LogP contribution >= 0.6 is 0 Å². The van der Waals surface area contributed by atoms with E-state index in [0.29, 0.717) is 44.4 Å². The summed E-state index contributed by atoms with van der Waals surface area (Å²) in [7, 11) is 0. The average molecular weight is 376 g/mol. The number of amides is 2. The van der Waals surface area contributed by atoms with Crippen LogP contribution in [0.1, 0.15) is 32.6 Å². The Morgan fingerprint density at radius 2 is 2.00 bits per heavy atom. The fourth-order valence-electron chi connectivity index (χ4n) is 3.21. The highest BCUT2D eigenvalue weighted by atomic mass is 16.6. The molecule has 2 amide bonds. The van der Waals surface area contributed by atoms with E-state index in [1.54, 1.807) is 11.0 Å². The summed E-state index contributed by atoms with van der Waals surface area (Å²) in [6.07, 6.45) is 3.19. The molecule has 1 aromatic rings. The number of fused-ring (bicyclic) bond motifs is 1. The molecule has 1 aromatic carbocycles. The summed E-state index contributed by atoms with van der Waals surface area (Å²) in [5.41, 5.74) is 0.740. The van der Waals surface area contributed by atoms with Crippen molar-refractivity contribution in [3.8, 4) is 11.5 Å². The molecule has 0 unspecified atom stereocenters. The SMILES string of the molecule is CCCCOCCCNC(=O)[C@H]1CC(=O)N(c2ccc3c(c2)OCCO3)C1. The number of ether oxygens (including phenoxy) is 3. The number of nitrogens with one attached hydrogen (secondary N) is 1. The lowest BCUT2D eigenvalue weighted by molar-refractivity contribution is -0.126. The molecule has 2 heterocycles. The Kier molecular flexibility index (Phi) is 6.92. The largest absolute Gasteiger partial charge is 0.486 e. The van der Waals surface area contributed by atoms with Gasteiger partial charge in [0.1, 0.15) is 13.2 Å². The van der Waals surface area contributed by atoms with Crippen LogP contribution in [0.5, 0.6) is 11.5 Å². The summed E-state index contributed by atoms with van der Waals surface area (Å²) in [6, 6.07) is 5.45. The molecule has 2 aliphatic heterocycles. The molecular formula is C20H28N2O5. The number of hydrogen-bond donors (Lipinski definition) is 1. The molecule has 0 radical (unpaired) electrons. The second kappa shape index (κ2) is 9.60. The van der Waals surface area contributed by atoms with E-state index in [-0.39, 0.29) is 24.2 Å². The number of anilines is 1. The van der Waals surface area contributed by atoms with Crippen LogP contribution in [0.3, 0.4) is 0 Å². The Morgan fingerprint density at radius 1 is 1.22 bits per heavy atom. The Balaban J connectivity index is 1.46. The molecule has 148 valence electrons. The lowest BCUT2D eigenvalue weighted by Crippen LogP contribution is -2.33. The quantitative estimate of drug-likeness (QED) is 0.668. The van der Waals surface area contributed by atoms with E-state index in [1.807, 2.05) is 12.1 Å².